The summed E-state index contributed by atoms with van der Waals surface area (Å²) in [6, 6.07) is 22.1. The molecule has 0 unspecified atom stereocenters. The smallest absolute Gasteiger partial charge is 0.335 e. The van der Waals surface area contributed by atoms with Crippen molar-refractivity contribution in [3.8, 4) is 0 Å². The van der Waals surface area contributed by atoms with Crippen LogP contribution in [0.15, 0.2) is 101 Å². The van der Waals surface area contributed by atoms with Crippen molar-refractivity contribution in [1.29, 1.82) is 0 Å². The summed E-state index contributed by atoms with van der Waals surface area (Å²) >= 11 is 3.34. The number of carbonyl (C=O) groups excluding carboxylic acids is 2. The third kappa shape index (κ3) is 6.26. The van der Waals surface area contributed by atoms with Gasteiger partial charge in [-0.05, 0) is 64.0 Å². The van der Waals surface area contributed by atoms with Gasteiger partial charge in [0.1, 0.15) is 5.70 Å². The maximum absolute atomic E-state index is 12.9. The predicted octanol–water partition coefficient (Wildman–Crippen LogP) is 5.11. The molecule has 6 nitrogen and oxygen atoms in total. The SMILES string of the molecule is O=C(Nc1ccc(C(=O)O)cc1)/C(=C/C=C/c1ccccc1)NC(=O)c1ccccc1Br. The van der Waals surface area contributed by atoms with Gasteiger partial charge in [0.25, 0.3) is 11.8 Å². The average Bonchev–Trinajstić information content (AvgIpc) is 2.79. The number of benzene rings is 3. The molecule has 0 saturated heterocycles. The third-order valence-corrected chi connectivity index (χ3v) is 5.04. The van der Waals surface area contributed by atoms with E-state index in [1.165, 1.54) is 30.3 Å². The summed E-state index contributed by atoms with van der Waals surface area (Å²) in [5.41, 5.74) is 1.84. The molecular formula is C25H19BrN2O4. The molecule has 0 fully saturated rings. The van der Waals surface area contributed by atoms with E-state index in [-0.39, 0.29) is 11.3 Å². The first-order valence-corrected chi connectivity index (χ1v) is 10.4. The van der Waals surface area contributed by atoms with Crippen molar-refractivity contribution in [3.63, 3.8) is 0 Å². The molecule has 3 aromatic rings. The summed E-state index contributed by atoms with van der Waals surface area (Å²) in [6.07, 6.45) is 4.97. The van der Waals surface area contributed by atoms with Crippen LogP contribution >= 0.6 is 15.9 Å². The van der Waals surface area contributed by atoms with Crippen LogP contribution in [-0.2, 0) is 4.79 Å². The number of nitrogens with one attached hydrogen (secondary N) is 2. The highest BCUT2D eigenvalue weighted by atomic mass is 79.9. The van der Waals surface area contributed by atoms with Crippen molar-refractivity contribution in [2.75, 3.05) is 5.32 Å². The quantitative estimate of drug-likeness (QED) is 0.316. The lowest BCUT2D eigenvalue weighted by Gasteiger charge is -2.11. The normalized spacial score (nSPS) is 11.2. The molecule has 0 aliphatic heterocycles. The molecule has 0 aliphatic rings. The first-order chi connectivity index (χ1) is 15.4. The van der Waals surface area contributed by atoms with Crippen LogP contribution < -0.4 is 10.6 Å². The average molecular weight is 491 g/mol. The van der Waals surface area contributed by atoms with E-state index in [4.69, 9.17) is 5.11 Å². The largest absolute Gasteiger partial charge is 0.478 e. The number of carboxylic acids is 1. The number of aromatic carboxylic acids is 1. The monoisotopic (exact) mass is 490 g/mol. The number of rotatable bonds is 7. The Morgan fingerprint density at radius 2 is 1.50 bits per heavy atom. The Kier molecular flexibility index (Phi) is 7.72. The maximum atomic E-state index is 12.9. The number of hydrogen-bond acceptors (Lipinski definition) is 3. The van der Waals surface area contributed by atoms with Crippen molar-refractivity contribution in [2.45, 2.75) is 0 Å². The molecule has 0 spiro atoms. The fraction of sp³-hybridized carbons (Fsp3) is 0. The molecule has 3 aromatic carbocycles. The zero-order valence-electron chi connectivity index (χ0n) is 16.8. The van der Waals surface area contributed by atoms with Gasteiger partial charge >= 0.3 is 5.97 Å². The lowest BCUT2D eigenvalue weighted by atomic mass is 10.2. The highest BCUT2D eigenvalue weighted by Gasteiger charge is 2.16. The molecule has 0 atom stereocenters. The van der Waals surface area contributed by atoms with E-state index in [0.29, 0.717) is 15.7 Å². The van der Waals surface area contributed by atoms with Crippen LogP contribution in [0, 0.1) is 0 Å². The van der Waals surface area contributed by atoms with Crippen molar-refractivity contribution in [2.24, 2.45) is 0 Å². The molecule has 160 valence electrons. The van der Waals surface area contributed by atoms with Gasteiger partial charge in [-0.25, -0.2) is 4.79 Å². The summed E-state index contributed by atoms with van der Waals surface area (Å²) in [4.78, 5) is 36.6. The molecule has 3 N–H and O–H groups in total. The van der Waals surface area contributed by atoms with E-state index in [1.54, 1.807) is 36.4 Å². The van der Waals surface area contributed by atoms with E-state index in [0.717, 1.165) is 5.56 Å². The molecule has 0 bridgehead atoms. The van der Waals surface area contributed by atoms with Gasteiger partial charge in [0.2, 0.25) is 0 Å². The van der Waals surface area contributed by atoms with Crippen LogP contribution in [0.2, 0.25) is 0 Å². The zero-order valence-corrected chi connectivity index (χ0v) is 18.4. The van der Waals surface area contributed by atoms with Gasteiger partial charge in [-0.2, -0.15) is 0 Å². The van der Waals surface area contributed by atoms with Gasteiger partial charge in [0.15, 0.2) is 0 Å². The summed E-state index contributed by atoms with van der Waals surface area (Å²) in [5, 5.41) is 14.3. The second-order valence-corrected chi connectivity index (χ2v) is 7.48. The molecule has 32 heavy (non-hydrogen) atoms. The number of amides is 2. The fourth-order valence-corrected chi connectivity index (χ4v) is 3.19. The minimum Gasteiger partial charge on any atom is -0.478 e. The molecule has 0 saturated carbocycles. The van der Waals surface area contributed by atoms with Crippen molar-refractivity contribution in [3.05, 3.63) is 118 Å². The summed E-state index contributed by atoms with van der Waals surface area (Å²) in [7, 11) is 0. The van der Waals surface area contributed by atoms with Crippen LogP contribution in [0.25, 0.3) is 6.08 Å². The van der Waals surface area contributed by atoms with E-state index in [2.05, 4.69) is 26.6 Å². The Morgan fingerprint density at radius 1 is 0.844 bits per heavy atom. The van der Waals surface area contributed by atoms with Crippen LogP contribution in [0.5, 0.6) is 0 Å². The molecule has 0 aliphatic carbocycles. The number of hydrogen-bond donors (Lipinski definition) is 3. The van der Waals surface area contributed by atoms with Crippen molar-refractivity contribution in [1.82, 2.24) is 5.32 Å². The summed E-state index contributed by atoms with van der Waals surface area (Å²) in [5.74, 6) is -2.06. The Morgan fingerprint density at radius 3 is 2.16 bits per heavy atom. The minimum absolute atomic E-state index is 0.0280. The van der Waals surface area contributed by atoms with Crippen LogP contribution in [0.4, 0.5) is 5.69 Å². The van der Waals surface area contributed by atoms with Crippen LogP contribution in [-0.4, -0.2) is 22.9 Å². The standard InChI is InChI=1S/C25H19BrN2O4/c26-21-11-5-4-10-20(21)23(29)28-22(12-6-9-17-7-2-1-3-8-17)24(30)27-19-15-13-18(14-16-19)25(31)32/h1-16H,(H,27,30)(H,28,29)(H,31,32)/b9-6+,22-12-. The lowest BCUT2D eigenvalue weighted by Crippen LogP contribution is -2.31. The Bertz CT molecular complexity index is 1190. The summed E-state index contributed by atoms with van der Waals surface area (Å²) in [6.45, 7) is 0. The first kappa shape index (κ1) is 22.7. The molecule has 0 radical (unpaired) electrons. The van der Waals surface area contributed by atoms with Crippen LogP contribution in [0.3, 0.4) is 0 Å². The van der Waals surface area contributed by atoms with E-state index in [9.17, 15) is 14.4 Å². The molecular weight excluding hydrogens is 472 g/mol. The minimum atomic E-state index is -1.06. The molecule has 0 aromatic heterocycles. The van der Waals surface area contributed by atoms with Gasteiger partial charge in [-0.1, -0.05) is 54.6 Å². The van der Waals surface area contributed by atoms with E-state index in [1.807, 2.05) is 30.3 Å². The van der Waals surface area contributed by atoms with Gasteiger partial charge < -0.3 is 15.7 Å². The molecule has 0 heterocycles. The summed E-state index contributed by atoms with van der Waals surface area (Å²) < 4.78 is 0.598. The predicted molar refractivity (Wildman–Crippen MR) is 127 cm³/mol. The van der Waals surface area contributed by atoms with Gasteiger partial charge in [-0.15, -0.1) is 0 Å². The number of halogens is 1. The fourth-order valence-electron chi connectivity index (χ4n) is 2.72. The second kappa shape index (κ2) is 10.9. The van der Waals surface area contributed by atoms with Crippen molar-refractivity contribution >= 4 is 45.5 Å². The molecule has 3 rings (SSSR count). The van der Waals surface area contributed by atoms with Crippen LogP contribution in [0.1, 0.15) is 26.3 Å². The number of allylic oxidation sites excluding steroid dienone is 2. The highest BCUT2D eigenvalue weighted by molar-refractivity contribution is 9.10. The van der Waals surface area contributed by atoms with E-state index >= 15 is 0 Å². The topological polar surface area (TPSA) is 95.5 Å². The van der Waals surface area contributed by atoms with Gasteiger partial charge in [0, 0.05) is 10.2 Å². The number of carbonyl (C=O) groups is 3. The van der Waals surface area contributed by atoms with Gasteiger partial charge in [-0.3, -0.25) is 9.59 Å². The Balaban J connectivity index is 1.83. The Hall–Kier alpha value is -3.97. The molecule has 2 amide bonds. The second-order valence-electron chi connectivity index (χ2n) is 6.62. The molecule has 7 heteroatoms. The number of carboxylic acid groups (broad SMARTS) is 1. The first-order valence-electron chi connectivity index (χ1n) is 9.58. The van der Waals surface area contributed by atoms with Gasteiger partial charge in [0.05, 0.1) is 11.1 Å². The number of anilines is 1. The highest BCUT2D eigenvalue weighted by Crippen LogP contribution is 2.16. The zero-order chi connectivity index (χ0) is 22.9. The lowest BCUT2D eigenvalue weighted by molar-refractivity contribution is -0.113. The van der Waals surface area contributed by atoms with E-state index < -0.39 is 17.8 Å². The third-order valence-electron chi connectivity index (χ3n) is 4.35. The maximum Gasteiger partial charge on any atom is 0.335 e. The van der Waals surface area contributed by atoms with Crippen molar-refractivity contribution < 1.29 is 19.5 Å². The Labute approximate surface area is 193 Å².